The van der Waals surface area contributed by atoms with Crippen LogP contribution in [-0.4, -0.2) is 121 Å². The van der Waals surface area contributed by atoms with Gasteiger partial charge in [0.2, 0.25) is 5.76 Å². The average molecular weight is 603 g/mol. The van der Waals surface area contributed by atoms with Crippen LogP contribution in [-0.2, 0) is 52.3 Å². The Morgan fingerprint density at radius 2 is 1.17 bits per heavy atom. The minimum absolute atomic E-state index is 0.106. The fraction of sp³-hybridized carbons (Fsp3) is 0.556. The SMILES string of the molecule is C=C(C)C(=O)OCC(O)COC[C@H](OCC(O)COC(=O)C(=C)C)[C@H]1OC(=O)C(O)=C1OCC(O)COC(=O)C(=C)C. The van der Waals surface area contributed by atoms with E-state index in [4.69, 9.17) is 33.2 Å². The lowest BCUT2D eigenvalue weighted by atomic mass is 10.1. The fourth-order valence-corrected chi connectivity index (χ4v) is 2.85. The molecule has 236 valence electrons. The lowest BCUT2D eigenvalue weighted by Gasteiger charge is -2.26. The van der Waals surface area contributed by atoms with Crippen molar-refractivity contribution in [1.29, 1.82) is 0 Å². The second-order valence-electron chi connectivity index (χ2n) is 9.36. The Bertz CT molecular complexity index is 1050. The summed E-state index contributed by atoms with van der Waals surface area (Å²) in [5, 5.41) is 40.6. The molecule has 1 rings (SSSR count). The van der Waals surface area contributed by atoms with Gasteiger partial charge in [-0.2, -0.15) is 0 Å². The van der Waals surface area contributed by atoms with Crippen molar-refractivity contribution < 1.29 is 72.8 Å². The van der Waals surface area contributed by atoms with E-state index in [2.05, 4.69) is 19.7 Å². The van der Waals surface area contributed by atoms with Crippen LogP contribution in [0.4, 0.5) is 0 Å². The van der Waals surface area contributed by atoms with Gasteiger partial charge in [-0.05, 0) is 20.8 Å². The van der Waals surface area contributed by atoms with E-state index in [9.17, 15) is 39.6 Å². The first kappa shape index (κ1) is 36.3. The molecule has 42 heavy (non-hydrogen) atoms. The maximum absolute atomic E-state index is 12.1. The average Bonchev–Trinajstić information content (AvgIpc) is 3.21. The van der Waals surface area contributed by atoms with Crippen LogP contribution in [0.1, 0.15) is 20.8 Å². The summed E-state index contributed by atoms with van der Waals surface area (Å²) >= 11 is 0. The molecule has 15 heteroatoms. The molecule has 0 fully saturated rings. The Morgan fingerprint density at radius 3 is 1.62 bits per heavy atom. The number of hydrogen-bond acceptors (Lipinski definition) is 15. The van der Waals surface area contributed by atoms with Crippen LogP contribution < -0.4 is 0 Å². The second-order valence-corrected chi connectivity index (χ2v) is 9.36. The van der Waals surface area contributed by atoms with Gasteiger partial charge in [0.15, 0.2) is 11.9 Å². The van der Waals surface area contributed by atoms with E-state index in [1.165, 1.54) is 20.8 Å². The number of carbonyl (C=O) groups excluding carboxylic acids is 4. The first-order chi connectivity index (χ1) is 19.6. The molecule has 0 aliphatic carbocycles. The summed E-state index contributed by atoms with van der Waals surface area (Å²) in [7, 11) is 0. The third-order valence-corrected chi connectivity index (χ3v) is 5.05. The largest absolute Gasteiger partial charge is 0.499 e. The summed E-state index contributed by atoms with van der Waals surface area (Å²) in [5.41, 5.74) is 0.345. The summed E-state index contributed by atoms with van der Waals surface area (Å²) in [6.45, 7) is 11.4. The van der Waals surface area contributed by atoms with Crippen molar-refractivity contribution in [3.63, 3.8) is 0 Å². The van der Waals surface area contributed by atoms with Crippen LogP contribution >= 0.6 is 0 Å². The first-order valence-corrected chi connectivity index (χ1v) is 12.6. The third kappa shape index (κ3) is 12.8. The van der Waals surface area contributed by atoms with E-state index >= 15 is 0 Å². The van der Waals surface area contributed by atoms with Gasteiger partial charge in [-0.15, -0.1) is 0 Å². The number of cyclic esters (lactones) is 1. The van der Waals surface area contributed by atoms with Crippen LogP contribution in [0, 0.1) is 0 Å². The zero-order valence-corrected chi connectivity index (χ0v) is 23.7. The molecule has 1 aliphatic rings. The Kier molecular flexibility index (Phi) is 15.5. The molecule has 15 nitrogen and oxygen atoms in total. The maximum Gasteiger partial charge on any atom is 0.378 e. The number of hydrogen-bond donors (Lipinski definition) is 4. The standard InChI is InChI=1S/C27H38O15/c1-14(2)24(32)39-10-17(28)7-36-13-20(37-8-18(29)11-40-25(33)15(3)4)22-23(21(31)27(35)42-22)38-9-19(30)12-41-26(34)16(5)6/h17-20,22,28-31H,1,3,5,7-13H2,2,4,6H3/t17?,18?,19?,20-,22+/m0/s1. The van der Waals surface area contributed by atoms with Crippen LogP contribution in [0.2, 0.25) is 0 Å². The van der Waals surface area contributed by atoms with Gasteiger partial charge in [-0.1, -0.05) is 19.7 Å². The van der Waals surface area contributed by atoms with Gasteiger partial charge in [-0.3, -0.25) is 0 Å². The number of aliphatic hydroxyl groups excluding tert-OH is 4. The predicted octanol–water partition coefficient (Wildman–Crippen LogP) is -0.460. The molecular weight excluding hydrogens is 564 g/mol. The van der Waals surface area contributed by atoms with Crippen molar-refractivity contribution in [3.05, 3.63) is 48.0 Å². The first-order valence-electron chi connectivity index (χ1n) is 12.6. The van der Waals surface area contributed by atoms with Crippen molar-refractivity contribution in [1.82, 2.24) is 0 Å². The van der Waals surface area contributed by atoms with E-state index in [1.807, 2.05) is 0 Å². The minimum atomic E-state index is -1.45. The number of ether oxygens (including phenoxy) is 7. The molecule has 3 unspecified atom stereocenters. The number of rotatable bonds is 20. The molecule has 0 saturated carbocycles. The third-order valence-electron chi connectivity index (χ3n) is 5.05. The van der Waals surface area contributed by atoms with Crippen molar-refractivity contribution in [3.8, 4) is 0 Å². The van der Waals surface area contributed by atoms with E-state index < -0.39 is 106 Å². The summed E-state index contributed by atoms with van der Waals surface area (Å²) in [5.74, 6) is -4.76. The topological polar surface area (TPSA) is 214 Å². The molecule has 0 amide bonds. The zero-order chi connectivity index (χ0) is 32.0. The summed E-state index contributed by atoms with van der Waals surface area (Å²) < 4.78 is 36.1. The number of esters is 4. The number of carbonyl (C=O) groups is 4. The van der Waals surface area contributed by atoms with Gasteiger partial charge in [0, 0.05) is 16.7 Å². The molecule has 1 heterocycles. The van der Waals surface area contributed by atoms with Crippen molar-refractivity contribution in [2.75, 3.05) is 46.2 Å². The van der Waals surface area contributed by atoms with Crippen LogP contribution in [0.15, 0.2) is 48.0 Å². The Morgan fingerprint density at radius 1 is 0.738 bits per heavy atom. The van der Waals surface area contributed by atoms with Gasteiger partial charge in [0.1, 0.15) is 50.8 Å². The second kappa shape index (κ2) is 17.9. The Balaban J connectivity index is 2.90. The normalized spacial score (nSPS) is 17.4. The van der Waals surface area contributed by atoms with Crippen molar-refractivity contribution in [2.24, 2.45) is 0 Å². The summed E-state index contributed by atoms with van der Waals surface area (Å²) in [6.07, 6.45) is -6.70. The highest BCUT2D eigenvalue weighted by Gasteiger charge is 2.42. The Hall–Kier alpha value is -3.76. The molecule has 0 aromatic rings. The quantitative estimate of drug-likeness (QED) is 0.0788. The predicted molar refractivity (Wildman–Crippen MR) is 141 cm³/mol. The van der Waals surface area contributed by atoms with E-state index in [1.54, 1.807) is 0 Å². The van der Waals surface area contributed by atoms with Crippen molar-refractivity contribution >= 4 is 23.9 Å². The molecule has 0 bridgehead atoms. The van der Waals surface area contributed by atoms with Gasteiger partial charge in [-0.25, -0.2) is 19.2 Å². The van der Waals surface area contributed by atoms with Gasteiger partial charge < -0.3 is 53.6 Å². The lowest BCUT2D eigenvalue weighted by molar-refractivity contribution is -0.159. The lowest BCUT2D eigenvalue weighted by Crippen LogP contribution is -2.40. The van der Waals surface area contributed by atoms with E-state index in [0.717, 1.165) is 0 Å². The van der Waals surface area contributed by atoms with Crippen LogP contribution in [0.25, 0.3) is 0 Å². The number of aliphatic hydroxyl groups is 4. The highest BCUT2D eigenvalue weighted by Crippen LogP contribution is 2.27. The minimum Gasteiger partial charge on any atom is -0.499 e. The van der Waals surface area contributed by atoms with Gasteiger partial charge in [0.05, 0.1) is 19.8 Å². The Labute approximate surface area is 242 Å². The zero-order valence-electron chi connectivity index (χ0n) is 23.7. The smallest absolute Gasteiger partial charge is 0.378 e. The van der Waals surface area contributed by atoms with Gasteiger partial charge >= 0.3 is 23.9 Å². The monoisotopic (exact) mass is 602 g/mol. The molecule has 0 radical (unpaired) electrons. The summed E-state index contributed by atoms with van der Waals surface area (Å²) in [4.78, 5) is 46.7. The molecule has 0 spiro atoms. The van der Waals surface area contributed by atoms with Gasteiger partial charge in [0.25, 0.3) is 0 Å². The van der Waals surface area contributed by atoms with Crippen molar-refractivity contribution in [2.45, 2.75) is 51.3 Å². The summed E-state index contributed by atoms with van der Waals surface area (Å²) in [6, 6.07) is 0. The molecular formula is C27H38O15. The maximum atomic E-state index is 12.1. The van der Waals surface area contributed by atoms with E-state index in [-0.39, 0.29) is 23.3 Å². The molecule has 0 aromatic heterocycles. The highest BCUT2D eigenvalue weighted by atomic mass is 16.6. The molecule has 4 N–H and O–H groups in total. The fourth-order valence-electron chi connectivity index (χ4n) is 2.85. The molecule has 0 saturated heterocycles. The molecule has 1 aliphatic heterocycles. The molecule has 0 aromatic carbocycles. The van der Waals surface area contributed by atoms with Crippen LogP contribution in [0.3, 0.4) is 0 Å². The highest BCUT2D eigenvalue weighted by molar-refractivity contribution is 5.89. The van der Waals surface area contributed by atoms with Crippen LogP contribution in [0.5, 0.6) is 0 Å². The van der Waals surface area contributed by atoms with E-state index in [0.29, 0.717) is 0 Å². The molecule has 5 atom stereocenters.